The summed E-state index contributed by atoms with van der Waals surface area (Å²) in [7, 11) is 0. The third-order valence-corrected chi connectivity index (χ3v) is 4.92. The van der Waals surface area contributed by atoms with E-state index in [-0.39, 0.29) is 11.8 Å². The third-order valence-electron chi connectivity index (χ3n) is 3.60. The Balaban J connectivity index is 1.71. The maximum absolute atomic E-state index is 12.3. The van der Waals surface area contributed by atoms with E-state index in [9.17, 15) is 4.79 Å². The Morgan fingerprint density at radius 3 is 2.62 bits per heavy atom. The van der Waals surface area contributed by atoms with Gasteiger partial charge in [0.05, 0.1) is 5.69 Å². The number of carbonyl (C=O) groups excluding carboxylic acids is 1. The summed E-state index contributed by atoms with van der Waals surface area (Å²) in [5.74, 6) is 0.244. The minimum absolute atomic E-state index is 0.0195. The van der Waals surface area contributed by atoms with Crippen molar-refractivity contribution in [2.24, 2.45) is 0 Å². The molecule has 21 heavy (non-hydrogen) atoms. The lowest BCUT2D eigenvalue weighted by molar-refractivity contribution is -0.116. The van der Waals surface area contributed by atoms with Gasteiger partial charge in [-0.1, -0.05) is 24.3 Å². The first kappa shape index (κ1) is 14.6. The molecule has 0 aliphatic carbocycles. The van der Waals surface area contributed by atoms with Crippen molar-refractivity contribution in [1.82, 2.24) is 0 Å². The summed E-state index contributed by atoms with van der Waals surface area (Å²) < 4.78 is 1.74. The Bertz CT molecular complexity index is 667. The number of benzene rings is 2. The van der Waals surface area contributed by atoms with Crippen LogP contribution in [0, 0.1) is 0 Å². The van der Waals surface area contributed by atoms with Crippen LogP contribution in [0.4, 0.5) is 11.4 Å². The predicted molar refractivity (Wildman–Crippen MR) is 92.8 cm³/mol. The molecule has 0 aromatic heterocycles. The maximum Gasteiger partial charge on any atom is 0.225 e. The Morgan fingerprint density at radius 2 is 1.86 bits per heavy atom. The first-order chi connectivity index (χ1) is 10.1. The van der Waals surface area contributed by atoms with Crippen molar-refractivity contribution in [2.75, 3.05) is 17.2 Å². The quantitative estimate of drug-likeness (QED) is 0.767. The summed E-state index contributed by atoms with van der Waals surface area (Å²) in [6, 6.07) is 13.9. The van der Waals surface area contributed by atoms with Gasteiger partial charge in [-0.25, -0.2) is 0 Å². The van der Waals surface area contributed by atoms with Gasteiger partial charge < -0.3 is 10.6 Å². The molecule has 0 bridgehead atoms. The molecule has 0 fully saturated rings. The van der Waals surface area contributed by atoms with Crippen LogP contribution >= 0.6 is 31.9 Å². The van der Waals surface area contributed by atoms with Gasteiger partial charge in [-0.2, -0.15) is 0 Å². The molecule has 1 unspecified atom stereocenters. The van der Waals surface area contributed by atoms with Crippen LogP contribution in [0.15, 0.2) is 51.4 Å². The number of nitrogens with one attached hydrogen (secondary N) is 2. The molecule has 1 atom stereocenters. The lowest BCUT2D eigenvalue weighted by Crippen LogP contribution is -2.17. The molecule has 3 rings (SSSR count). The third kappa shape index (κ3) is 3.14. The SMILES string of the molecule is O=C(CC1CNc2ccccc21)Nc1c(Br)cccc1Br. The molecule has 5 heteroatoms. The van der Waals surface area contributed by atoms with Crippen molar-refractivity contribution < 1.29 is 4.79 Å². The highest BCUT2D eigenvalue weighted by Gasteiger charge is 2.24. The van der Waals surface area contributed by atoms with Gasteiger partial charge in [0.15, 0.2) is 0 Å². The molecule has 1 aliphatic rings. The summed E-state index contributed by atoms with van der Waals surface area (Å²) in [5.41, 5.74) is 3.14. The summed E-state index contributed by atoms with van der Waals surface area (Å²) in [4.78, 5) is 12.3. The topological polar surface area (TPSA) is 41.1 Å². The molecule has 0 saturated carbocycles. The number of rotatable bonds is 3. The average Bonchev–Trinajstić information content (AvgIpc) is 2.87. The van der Waals surface area contributed by atoms with Gasteiger partial charge in [0.1, 0.15) is 0 Å². The normalized spacial score (nSPS) is 16.2. The van der Waals surface area contributed by atoms with Crippen molar-refractivity contribution >= 4 is 49.1 Å². The molecule has 0 radical (unpaired) electrons. The molecule has 2 aromatic carbocycles. The van der Waals surface area contributed by atoms with E-state index in [4.69, 9.17) is 0 Å². The summed E-state index contributed by atoms with van der Waals surface area (Å²) >= 11 is 6.91. The van der Waals surface area contributed by atoms with Crippen LogP contribution in [0.2, 0.25) is 0 Å². The Kier molecular flexibility index (Phi) is 4.31. The molecule has 1 heterocycles. The fourth-order valence-corrected chi connectivity index (χ4v) is 3.77. The van der Waals surface area contributed by atoms with Crippen LogP contribution in [0.25, 0.3) is 0 Å². The van der Waals surface area contributed by atoms with E-state index in [0.717, 1.165) is 26.9 Å². The van der Waals surface area contributed by atoms with E-state index in [1.807, 2.05) is 30.3 Å². The average molecular weight is 410 g/mol. The van der Waals surface area contributed by atoms with E-state index in [0.29, 0.717) is 6.42 Å². The summed E-state index contributed by atoms with van der Waals surface area (Å²) in [5, 5.41) is 6.32. The number of hydrogen-bond acceptors (Lipinski definition) is 2. The van der Waals surface area contributed by atoms with Gasteiger partial charge >= 0.3 is 0 Å². The van der Waals surface area contributed by atoms with Crippen LogP contribution in [0.1, 0.15) is 17.9 Å². The van der Waals surface area contributed by atoms with E-state index in [1.165, 1.54) is 5.56 Å². The van der Waals surface area contributed by atoms with Gasteiger partial charge in [0.2, 0.25) is 5.91 Å². The highest BCUT2D eigenvalue weighted by atomic mass is 79.9. The number of fused-ring (bicyclic) bond motifs is 1. The molecular formula is C16H14Br2N2O. The fourth-order valence-electron chi connectivity index (χ4n) is 2.57. The predicted octanol–water partition coefficient (Wildman–Crippen LogP) is 4.75. The first-order valence-electron chi connectivity index (χ1n) is 6.72. The maximum atomic E-state index is 12.3. The van der Waals surface area contributed by atoms with Crippen molar-refractivity contribution in [3.05, 3.63) is 57.0 Å². The number of para-hydroxylation sites is 2. The van der Waals surface area contributed by atoms with Crippen LogP contribution in [-0.2, 0) is 4.79 Å². The van der Waals surface area contributed by atoms with Gasteiger partial charge in [-0.15, -0.1) is 0 Å². The lowest BCUT2D eigenvalue weighted by atomic mass is 9.97. The fraction of sp³-hybridized carbons (Fsp3) is 0.188. The summed E-state index contributed by atoms with van der Waals surface area (Å²) in [6.07, 6.45) is 0.470. The molecular weight excluding hydrogens is 396 g/mol. The van der Waals surface area contributed by atoms with Crippen LogP contribution in [0.3, 0.4) is 0 Å². The van der Waals surface area contributed by atoms with Crippen molar-refractivity contribution in [2.45, 2.75) is 12.3 Å². The number of carbonyl (C=O) groups is 1. The number of halogens is 2. The zero-order valence-electron chi connectivity index (χ0n) is 11.2. The van der Waals surface area contributed by atoms with Crippen molar-refractivity contribution in [3.63, 3.8) is 0 Å². The van der Waals surface area contributed by atoms with E-state index in [2.05, 4.69) is 54.6 Å². The molecule has 1 aliphatic heterocycles. The summed E-state index contributed by atoms with van der Waals surface area (Å²) in [6.45, 7) is 0.809. The van der Waals surface area contributed by atoms with E-state index >= 15 is 0 Å². The van der Waals surface area contributed by atoms with Crippen LogP contribution in [-0.4, -0.2) is 12.5 Å². The van der Waals surface area contributed by atoms with Gasteiger partial charge in [-0.3, -0.25) is 4.79 Å². The molecule has 3 nitrogen and oxygen atoms in total. The van der Waals surface area contributed by atoms with Crippen molar-refractivity contribution in [1.29, 1.82) is 0 Å². The van der Waals surface area contributed by atoms with Crippen LogP contribution in [0.5, 0.6) is 0 Å². The molecule has 2 N–H and O–H groups in total. The second-order valence-corrected chi connectivity index (χ2v) is 6.72. The molecule has 2 aromatic rings. The lowest BCUT2D eigenvalue weighted by Gasteiger charge is -2.13. The second-order valence-electron chi connectivity index (χ2n) is 5.01. The zero-order valence-corrected chi connectivity index (χ0v) is 14.4. The van der Waals surface area contributed by atoms with Crippen LogP contribution < -0.4 is 10.6 Å². The Morgan fingerprint density at radius 1 is 1.14 bits per heavy atom. The zero-order chi connectivity index (χ0) is 14.8. The highest BCUT2D eigenvalue weighted by molar-refractivity contribution is 9.11. The van der Waals surface area contributed by atoms with Gasteiger partial charge in [0, 0.05) is 33.5 Å². The van der Waals surface area contributed by atoms with E-state index in [1.54, 1.807) is 0 Å². The van der Waals surface area contributed by atoms with Gasteiger partial charge in [0.25, 0.3) is 0 Å². The van der Waals surface area contributed by atoms with E-state index < -0.39 is 0 Å². The highest BCUT2D eigenvalue weighted by Crippen LogP contribution is 2.35. The van der Waals surface area contributed by atoms with Crippen molar-refractivity contribution in [3.8, 4) is 0 Å². The second kappa shape index (κ2) is 6.20. The van der Waals surface area contributed by atoms with Gasteiger partial charge in [-0.05, 0) is 55.6 Å². The number of amides is 1. The smallest absolute Gasteiger partial charge is 0.225 e. The monoisotopic (exact) mass is 408 g/mol. The Labute approximate surface area is 140 Å². The standard InChI is InChI=1S/C16H14Br2N2O/c17-12-5-3-6-13(18)16(12)20-15(21)8-10-9-19-14-7-2-1-4-11(10)14/h1-7,10,19H,8-9H2,(H,20,21). The minimum atomic E-state index is 0.0195. The molecule has 1 amide bonds. The number of hydrogen-bond donors (Lipinski definition) is 2. The largest absolute Gasteiger partial charge is 0.384 e. The molecule has 0 saturated heterocycles. The molecule has 0 spiro atoms. The number of anilines is 2. The Hall–Kier alpha value is -1.33. The minimum Gasteiger partial charge on any atom is -0.384 e. The first-order valence-corrected chi connectivity index (χ1v) is 8.30. The molecule has 108 valence electrons.